The second kappa shape index (κ2) is 9.07. The third kappa shape index (κ3) is 5.02. The van der Waals surface area contributed by atoms with Crippen molar-refractivity contribution in [2.24, 2.45) is 0 Å². The lowest BCUT2D eigenvalue weighted by Crippen LogP contribution is -2.34. The van der Waals surface area contributed by atoms with Gasteiger partial charge in [0, 0.05) is 24.9 Å². The summed E-state index contributed by atoms with van der Waals surface area (Å²) in [4.78, 5) is 12.4. The zero-order valence-corrected chi connectivity index (χ0v) is 16.5. The Morgan fingerprint density at radius 3 is 2.68 bits per heavy atom. The molecule has 1 amide bonds. The maximum atomic E-state index is 12.3. The molecule has 3 rings (SSSR count). The fourth-order valence-electron chi connectivity index (χ4n) is 3.02. The first-order valence-electron chi connectivity index (χ1n) is 9.23. The number of hydrogen-bond acceptors (Lipinski definition) is 5. The number of carbonyl (C=O) groups excluding carboxylic acids is 1. The second-order valence-corrected chi connectivity index (χ2v) is 8.11. The van der Waals surface area contributed by atoms with Crippen LogP contribution in [-0.4, -0.2) is 34.1 Å². The first kappa shape index (κ1) is 20.2. The minimum absolute atomic E-state index is 0.0201. The number of carbonyl (C=O) groups is 1. The van der Waals surface area contributed by atoms with E-state index in [4.69, 9.17) is 9.47 Å². The molecule has 7 nitrogen and oxygen atoms in total. The normalized spacial score (nSPS) is 16.0. The Balaban J connectivity index is 1.51. The van der Waals surface area contributed by atoms with Crippen LogP contribution in [0.4, 0.5) is 0 Å². The Bertz CT molecular complexity index is 912. The quantitative estimate of drug-likeness (QED) is 0.705. The molecule has 2 aromatic rings. The molecule has 8 heteroatoms. The molecule has 0 bridgehead atoms. The summed E-state index contributed by atoms with van der Waals surface area (Å²) >= 11 is 0. The number of benzene rings is 2. The molecule has 1 atom stereocenters. The van der Waals surface area contributed by atoms with Crippen molar-refractivity contribution < 1.29 is 22.7 Å². The largest absolute Gasteiger partial charge is 0.494 e. The van der Waals surface area contributed by atoms with Gasteiger partial charge >= 0.3 is 0 Å². The average Bonchev–Trinajstić information content (AvgIpc) is 2.69. The summed E-state index contributed by atoms with van der Waals surface area (Å²) in [5, 5.41) is 2.95. The molecular weight excluding hydrogens is 380 g/mol. The number of rotatable bonds is 8. The lowest BCUT2D eigenvalue weighted by molar-refractivity contribution is -0.121. The Hall–Kier alpha value is -2.58. The molecule has 2 N–H and O–H groups in total. The van der Waals surface area contributed by atoms with Crippen LogP contribution in [0.2, 0.25) is 0 Å². The maximum Gasteiger partial charge on any atom is 0.240 e. The zero-order chi connectivity index (χ0) is 20.0. The standard InChI is InChI=1S/C20H24N2O5S/c1-2-26-15-7-9-16(10-8-15)28(24,25)21-13-11-20(23)22-18-12-14-27-19-6-4-3-5-17(18)19/h3-10,18,21H,2,11-14H2,1H3,(H,22,23). The Kier molecular flexibility index (Phi) is 6.53. The van der Waals surface area contributed by atoms with Gasteiger partial charge in [-0.3, -0.25) is 4.79 Å². The molecule has 0 radical (unpaired) electrons. The highest BCUT2D eigenvalue weighted by atomic mass is 32.2. The summed E-state index contributed by atoms with van der Waals surface area (Å²) in [7, 11) is -3.67. The van der Waals surface area contributed by atoms with Crippen molar-refractivity contribution in [3.63, 3.8) is 0 Å². The van der Waals surface area contributed by atoms with Crippen molar-refractivity contribution >= 4 is 15.9 Å². The van der Waals surface area contributed by atoms with Crippen molar-refractivity contribution in [2.75, 3.05) is 19.8 Å². The van der Waals surface area contributed by atoms with Crippen molar-refractivity contribution in [3.8, 4) is 11.5 Å². The lowest BCUT2D eigenvalue weighted by Gasteiger charge is -2.26. The van der Waals surface area contributed by atoms with Crippen LogP contribution in [-0.2, 0) is 14.8 Å². The molecule has 28 heavy (non-hydrogen) atoms. The molecule has 0 saturated heterocycles. The predicted molar refractivity (Wildman–Crippen MR) is 105 cm³/mol. The van der Waals surface area contributed by atoms with E-state index in [-0.39, 0.29) is 29.8 Å². The van der Waals surface area contributed by atoms with Crippen molar-refractivity contribution in [3.05, 3.63) is 54.1 Å². The first-order chi connectivity index (χ1) is 13.5. The van der Waals surface area contributed by atoms with Gasteiger partial charge in [0.05, 0.1) is 24.2 Å². The van der Waals surface area contributed by atoms with Gasteiger partial charge in [0.15, 0.2) is 0 Å². The molecule has 0 aliphatic carbocycles. The van der Waals surface area contributed by atoms with Gasteiger partial charge in [-0.2, -0.15) is 0 Å². The van der Waals surface area contributed by atoms with Crippen LogP contribution in [0.15, 0.2) is 53.4 Å². The van der Waals surface area contributed by atoms with Crippen LogP contribution in [0.1, 0.15) is 31.4 Å². The number of fused-ring (bicyclic) bond motifs is 1. The topological polar surface area (TPSA) is 93.7 Å². The number of sulfonamides is 1. The summed E-state index contributed by atoms with van der Waals surface area (Å²) in [6.45, 7) is 2.92. The number of amides is 1. The summed E-state index contributed by atoms with van der Waals surface area (Å²) in [6.07, 6.45) is 0.733. The lowest BCUT2D eigenvalue weighted by atomic mass is 10.0. The summed E-state index contributed by atoms with van der Waals surface area (Å²) in [5.74, 6) is 1.17. The molecular formula is C20H24N2O5S. The van der Waals surface area contributed by atoms with Gasteiger partial charge < -0.3 is 14.8 Å². The van der Waals surface area contributed by atoms with Crippen LogP contribution in [0, 0.1) is 0 Å². The number of hydrogen-bond donors (Lipinski definition) is 2. The zero-order valence-electron chi connectivity index (χ0n) is 15.7. The highest BCUT2D eigenvalue weighted by Gasteiger charge is 2.22. The van der Waals surface area contributed by atoms with Gasteiger partial charge in [0.1, 0.15) is 11.5 Å². The molecule has 1 aliphatic heterocycles. The highest BCUT2D eigenvalue weighted by Crippen LogP contribution is 2.31. The van der Waals surface area contributed by atoms with Crippen LogP contribution < -0.4 is 19.5 Å². The second-order valence-electron chi connectivity index (χ2n) is 6.35. The van der Waals surface area contributed by atoms with Crippen LogP contribution in [0.5, 0.6) is 11.5 Å². The molecule has 1 unspecified atom stereocenters. The molecule has 0 saturated carbocycles. The minimum Gasteiger partial charge on any atom is -0.494 e. The van der Waals surface area contributed by atoms with Gasteiger partial charge in [-0.1, -0.05) is 18.2 Å². The molecule has 1 heterocycles. The van der Waals surface area contributed by atoms with E-state index in [0.29, 0.717) is 25.4 Å². The predicted octanol–water partition coefficient (Wildman–Crippen LogP) is 2.39. The van der Waals surface area contributed by atoms with E-state index >= 15 is 0 Å². The molecule has 2 aromatic carbocycles. The molecule has 0 spiro atoms. The van der Waals surface area contributed by atoms with E-state index in [1.165, 1.54) is 12.1 Å². The van der Waals surface area contributed by atoms with Crippen molar-refractivity contribution in [1.82, 2.24) is 10.0 Å². The molecule has 150 valence electrons. The Labute approximate surface area is 165 Å². The molecule has 0 aromatic heterocycles. The van der Waals surface area contributed by atoms with E-state index in [1.807, 2.05) is 31.2 Å². The van der Waals surface area contributed by atoms with Crippen molar-refractivity contribution in [2.45, 2.75) is 30.7 Å². The fourth-order valence-corrected chi connectivity index (χ4v) is 4.05. The Morgan fingerprint density at radius 2 is 1.93 bits per heavy atom. The highest BCUT2D eigenvalue weighted by molar-refractivity contribution is 7.89. The summed E-state index contributed by atoms with van der Waals surface area (Å²) < 4.78 is 38.0. The van der Waals surface area contributed by atoms with Gasteiger partial charge in [-0.25, -0.2) is 13.1 Å². The molecule has 1 aliphatic rings. The van der Waals surface area contributed by atoms with Gasteiger partial charge in [-0.05, 0) is 37.3 Å². The van der Waals surface area contributed by atoms with Gasteiger partial charge in [-0.15, -0.1) is 0 Å². The summed E-state index contributed by atoms with van der Waals surface area (Å²) in [5.41, 5.74) is 0.942. The number of ether oxygens (including phenoxy) is 2. The third-order valence-corrected chi connectivity index (χ3v) is 5.86. The van der Waals surface area contributed by atoms with E-state index in [2.05, 4.69) is 10.0 Å². The smallest absolute Gasteiger partial charge is 0.240 e. The van der Waals surface area contributed by atoms with Crippen LogP contribution in [0.3, 0.4) is 0 Å². The van der Waals surface area contributed by atoms with E-state index in [9.17, 15) is 13.2 Å². The first-order valence-corrected chi connectivity index (χ1v) is 10.7. The number of para-hydroxylation sites is 1. The fraction of sp³-hybridized carbons (Fsp3) is 0.350. The monoisotopic (exact) mass is 404 g/mol. The van der Waals surface area contributed by atoms with Crippen LogP contribution in [0.25, 0.3) is 0 Å². The summed E-state index contributed by atoms with van der Waals surface area (Å²) in [6, 6.07) is 13.6. The average molecular weight is 404 g/mol. The minimum atomic E-state index is -3.67. The maximum absolute atomic E-state index is 12.3. The number of nitrogens with one attached hydrogen (secondary N) is 2. The van der Waals surface area contributed by atoms with E-state index in [1.54, 1.807) is 12.1 Å². The van der Waals surface area contributed by atoms with Crippen LogP contribution >= 0.6 is 0 Å². The van der Waals surface area contributed by atoms with Gasteiger partial charge in [0.25, 0.3) is 0 Å². The van der Waals surface area contributed by atoms with E-state index < -0.39 is 10.0 Å². The van der Waals surface area contributed by atoms with Crippen molar-refractivity contribution in [1.29, 1.82) is 0 Å². The third-order valence-electron chi connectivity index (χ3n) is 4.38. The molecule has 0 fully saturated rings. The Morgan fingerprint density at radius 1 is 1.18 bits per heavy atom. The SMILES string of the molecule is CCOc1ccc(S(=O)(=O)NCCC(=O)NC2CCOc3ccccc32)cc1. The van der Waals surface area contributed by atoms with Gasteiger partial charge in [0.2, 0.25) is 15.9 Å². The van der Waals surface area contributed by atoms with E-state index in [0.717, 1.165) is 11.3 Å².